The fourth-order valence-corrected chi connectivity index (χ4v) is 2.12. The number of hydrogen-bond acceptors (Lipinski definition) is 2. The number of benzene rings is 1. The normalized spacial score (nSPS) is 14.6. The van der Waals surface area contributed by atoms with E-state index in [4.69, 9.17) is 5.73 Å². The Labute approximate surface area is 102 Å². The average Bonchev–Trinajstić information content (AvgIpc) is 2.78. The van der Waals surface area contributed by atoms with Gasteiger partial charge >= 0.3 is 0 Å². The van der Waals surface area contributed by atoms with E-state index in [0.717, 1.165) is 17.7 Å². The predicted molar refractivity (Wildman–Crippen MR) is 69.7 cm³/mol. The van der Waals surface area contributed by atoms with E-state index >= 15 is 0 Å². The van der Waals surface area contributed by atoms with Gasteiger partial charge in [-0.1, -0.05) is 24.3 Å². The fraction of sp³-hybridized carbons (Fsp3) is 0.357. The molecule has 3 nitrogen and oxygen atoms in total. The van der Waals surface area contributed by atoms with Gasteiger partial charge in [-0.2, -0.15) is 5.10 Å². The van der Waals surface area contributed by atoms with Crippen molar-refractivity contribution < 1.29 is 0 Å². The van der Waals surface area contributed by atoms with Gasteiger partial charge in [0.2, 0.25) is 0 Å². The van der Waals surface area contributed by atoms with Gasteiger partial charge in [-0.25, -0.2) is 0 Å². The van der Waals surface area contributed by atoms with Crippen molar-refractivity contribution in [2.24, 2.45) is 5.73 Å². The maximum Gasteiger partial charge on any atom is 0.0670 e. The summed E-state index contributed by atoms with van der Waals surface area (Å²) in [5.74, 6) is 0. The third-order valence-corrected chi connectivity index (χ3v) is 3.26. The van der Waals surface area contributed by atoms with Crippen LogP contribution in [0, 0.1) is 6.92 Å². The van der Waals surface area contributed by atoms with Gasteiger partial charge in [0.05, 0.1) is 11.7 Å². The van der Waals surface area contributed by atoms with Crippen LogP contribution in [0.1, 0.15) is 30.5 Å². The van der Waals surface area contributed by atoms with Gasteiger partial charge in [0, 0.05) is 18.3 Å². The Morgan fingerprint density at radius 1 is 1.35 bits per heavy atom. The first-order chi connectivity index (χ1) is 8.05. The first-order valence-corrected chi connectivity index (χ1v) is 5.93. The summed E-state index contributed by atoms with van der Waals surface area (Å²) in [5, 5.41) is 4.29. The van der Waals surface area contributed by atoms with Crippen LogP contribution < -0.4 is 5.73 Å². The highest BCUT2D eigenvalue weighted by molar-refractivity contribution is 5.39. The molecule has 3 heteroatoms. The molecule has 2 rings (SSSR count). The number of nitrogens with two attached hydrogens (primary N) is 1. The molecule has 0 saturated heterocycles. The van der Waals surface area contributed by atoms with Crippen molar-refractivity contribution in [1.82, 2.24) is 9.78 Å². The molecule has 0 fully saturated rings. The van der Waals surface area contributed by atoms with E-state index in [-0.39, 0.29) is 0 Å². The van der Waals surface area contributed by atoms with Crippen molar-refractivity contribution in [2.45, 2.75) is 32.9 Å². The number of hydrogen-bond donors (Lipinski definition) is 1. The number of rotatable bonds is 3. The molecule has 90 valence electrons. The van der Waals surface area contributed by atoms with Gasteiger partial charge in [-0.3, -0.25) is 4.68 Å². The highest BCUT2D eigenvalue weighted by atomic mass is 15.3. The second-order valence-electron chi connectivity index (χ2n) is 4.60. The molecule has 1 heterocycles. The summed E-state index contributed by atoms with van der Waals surface area (Å²) in [6, 6.07) is 8.23. The van der Waals surface area contributed by atoms with E-state index < -0.39 is 5.54 Å². The first-order valence-electron chi connectivity index (χ1n) is 5.93. The van der Waals surface area contributed by atoms with Gasteiger partial charge in [0.1, 0.15) is 0 Å². The Hall–Kier alpha value is -1.61. The molecule has 2 N–H and O–H groups in total. The molecule has 0 aliphatic heterocycles. The third kappa shape index (κ3) is 2.11. The summed E-state index contributed by atoms with van der Waals surface area (Å²) in [5.41, 5.74) is 9.40. The van der Waals surface area contributed by atoms with Crippen LogP contribution in [0.15, 0.2) is 36.7 Å². The van der Waals surface area contributed by atoms with Crippen molar-refractivity contribution in [3.8, 4) is 0 Å². The van der Waals surface area contributed by atoms with Crippen LogP contribution in [0.3, 0.4) is 0 Å². The molecule has 1 aromatic heterocycles. The van der Waals surface area contributed by atoms with Gasteiger partial charge < -0.3 is 5.73 Å². The SMILES string of the molecule is CCn1cc(C(C)(N)c2ccccc2C)cn1. The molecular weight excluding hydrogens is 210 g/mol. The molecule has 1 unspecified atom stereocenters. The molecule has 0 spiro atoms. The fourth-order valence-electron chi connectivity index (χ4n) is 2.12. The number of aromatic nitrogens is 2. The molecule has 2 aromatic rings. The van der Waals surface area contributed by atoms with E-state index in [1.807, 2.05) is 36.1 Å². The summed E-state index contributed by atoms with van der Waals surface area (Å²) in [6.07, 6.45) is 3.88. The Balaban J connectivity index is 2.45. The molecule has 0 aliphatic carbocycles. The minimum Gasteiger partial charge on any atom is -0.318 e. The minimum absolute atomic E-state index is 0.487. The van der Waals surface area contributed by atoms with Crippen molar-refractivity contribution in [1.29, 1.82) is 0 Å². The lowest BCUT2D eigenvalue weighted by atomic mass is 9.85. The van der Waals surface area contributed by atoms with Crippen LogP contribution in [0.4, 0.5) is 0 Å². The van der Waals surface area contributed by atoms with Crippen molar-refractivity contribution >= 4 is 0 Å². The zero-order chi connectivity index (χ0) is 12.5. The highest BCUT2D eigenvalue weighted by Gasteiger charge is 2.26. The molecule has 0 bridgehead atoms. The monoisotopic (exact) mass is 229 g/mol. The smallest absolute Gasteiger partial charge is 0.0670 e. The Morgan fingerprint density at radius 2 is 2.06 bits per heavy atom. The summed E-state index contributed by atoms with van der Waals surface area (Å²) in [7, 11) is 0. The van der Waals surface area contributed by atoms with Crippen LogP contribution >= 0.6 is 0 Å². The molecule has 1 aromatic carbocycles. The van der Waals surface area contributed by atoms with Crippen LogP contribution in [0.5, 0.6) is 0 Å². The zero-order valence-electron chi connectivity index (χ0n) is 10.6. The van der Waals surface area contributed by atoms with E-state index in [9.17, 15) is 0 Å². The van der Waals surface area contributed by atoms with E-state index in [1.165, 1.54) is 5.56 Å². The van der Waals surface area contributed by atoms with Crippen molar-refractivity contribution in [3.05, 3.63) is 53.3 Å². The van der Waals surface area contributed by atoms with Gasteiger partial charge in [-0.05, 0) is 31.9 Å². The molecule has 1 atom stereocenters. The predicted octanol–water partition coefficient (Wildman–Crippen LogP) is 2.43. The first kappa shape index (κ1) is 11.9. The second-order valence-corrected chi connectivity index (χ2v) is 4.60. The van der Waals surface area contributed by atoms with E-state index in [1.54, 1.807) is 0 Å². The van der Waals surface area contributed by atoms with E-state index in [2.05, 4.69) is 31.1 Å². The zero-order valence-corrected chi connectivity index (χ0v) is 10.6. The van der Waals surface area contributed by atoms with E-state index in [0.29, 0.717) is 0 Å². The summed E-state index contributed by atoms with van der Waals surface area (Å²) in [6.45, 7) is 7.05. The standard InChI is InChI=1S/C14H19N3/c1-4-17-10-12(9-16-17)14(3,15)13-8-6-5-7-11(13)2/h5-10H,4,15H2,1-3H3. The second kappa shape index (κ2) is 4.34. The van der Waals surface area contributed by atoms with Crippen LogP contribution in [0.25, 0.3) is 0 Å². The lowest BCUT2D eigenvalue weighted by Gasteiger charge is -2.25. The highest BCUT2D eigenvalue weighted by Crippen LogP contribution is 2.28. The molecular formula is C14H19N3. The Bertz CT molecular complexity index is 512. The largest absolute Gasteiger partial charge is 0.318 e. The molecule has 0 radical (unpaired) electrons. The lowest BCUT2D eigenvalue weighted by molar-refractivity contribution is 0.595. The van der Waals surface area contributed by atoms with Crippen LogP contribution in [-0.4, -0.2) is 9.78 Å². The molecule has 0 saturated carbocycles. The summed E-state index contributed by atoms with van der Waals surface area (Å²) in [4.78, 5) is 0. The van der Waals surface area contributed by atoms with Crippen LogP contribution in [-0.2, 0) is 12.1 Å². The summed E-state index contributed by atoms with van der Waals surface area (Å²) < 4.78 is 1.90. The molecule has 0 amide bonds. The molecule has 0 aliphatic rings. The maximum absolute atomic E-state index is 6.47. The van der Waals surface area contributed by atoms with Gasteiger partial charge in [-0.15, -0.1) is 0 Å². The minimum atomic E-state index is -0.487. The summed E-state index contributed by atoms with van der Waals surface area (Å²) >= 11 is 0. The molecule has 17 heavy (non-hydrogen) atoms. The van der Waals surface area contributed by atoms with Gasteiger partial charge in [0.25, 0.3) is 0 Å². The number of aryl methyl sites for hydroxylation is 2. The topological polar surface area (TPSA) is 43.8 Å². The maximum atomic E-state index is 6.47. The number of nitrogens with zero attached hydrogens (tertiary/aromatic N) is 2. The Morgan fingerprint density at radius 3 is 2.65 bits per heavy atom. The van der Waals surface area contributed by atoms with Crippen molar-refractivity contribution in [3.63, 3.8) is 0 Å². The average molecular weight is 229 g/mol. The lowest BCUT2D eigenvalue weighted by Crippen LogP contribution is -2.34. The van der Waals surface area contributed by atoms with Crippen LogP contribution in [0.2, 0.25) is 0 Å². The third-order valence-electron chi connectivity index (χ3n) is 3.26. The Kier molecular flexibility index (Phi) is 3.03. The quantitative estimate of drug-likeness (QED) is 0.878. The van der Waals surface area contributed by atoms with Gasteiger partial charge in [0.15, 0.2) is 0 Å². The van der Waals surface area contributed by atoms with Crippen molar-refractivity contribution in [2.75, 3.05) is 0 Å².